The highest BCUT2D eigenvalue weighted by Crippen LogP contribution is 2.42. The molecule has 1 saturated carbocycles. The van der Waals surface area contributed by atoms with E-state index in [9.17, 15) is 14.9 Å². The molecule has 7 heteroatoms. The van der Waals surface area contributed by atoms with Gasteiger partial charge >= 0.3 is 0 Å². The minimum absolute atomic E-state index is 0.0111. The minimum Gasteiger partial charge on any atom is -0.345 e. The molecule has 2 atom stereocenters. The maximum Gasteiger partial charge on any atom is 0.248 e. The average molecular weight is 450 g/mol. The molecule has 2 aromatic rings. The standard InChI is InChI=1S/C26H35N5O2/c1-25(2,3)22(31-16-20(29-31)18-11-12-18)24(33)30-13-7-10-21(30)23(32)28-26(4,5)19-9-6-8-17(14-19)15-27/h6,8-9,14,16,18,21-22,29H,7,10-13H2,1-5H3,(H,28,32)/t21-,22+/m0/s1. The van der Waals surface area contributed by atoms with Crippen LogP contribution in [0.5, 0.6) is 0 Å². The summed E-state index contributed by atoms with van der Waals surface area (Å²) in [4.78, 5) is 28.9. The number of likely N-dealkylation sites (tertiary alicyclic amines) is 1. The highest BCUT2D eigenvalue weighted by Gasteiger charge is 2.44. The molecule has 2 N–H and O–H groups in total. The lowest BCUT2D eigenvalue weighted by molar-refractivity contribution is -0.144. The zero-order chi connectivity index (χ0) is 24.0. The average Bonchev–Trinajstić information content (AvgIpc) is 3.42. The fourth-order valence-electron chi connectivity index (χ4n) is 4.83. The van der Waals surface area contributed by atoms with Crippen molar-refractivity contribution in [2.75, 3.05) is 6.54 Å². The Morgan fingerprint density at radius 3 is 2.48 bits per heavy atom. The Balaban J connectivity index is 1.51. The van der Waals surface area contributed by atoms with Crippen LogP contribution >= 0.6 is 0 Å². The molecular formula is C26H35N5O2. The van der Waals surface area contributed by atoms with Crippen molar-refractivity contribution in [1.82, 2.24) is 20.0 Å². The molecule has 2 heterocycles. The lowest BCUT2D eigenvalue weighted by Crippen LogP contribution is -2.53. The fourth-order valence-corrected chi connectivity index (χ4v) is 4.83. The van der Waals surface area contributed by atoms with Gasteiger partial charge in [0.05, 0.1) is 22.9 Å². The van der Waals surface area contributed by atoms with Crippen molar-refractivity contribution in [1.29, 1.82) is 5.26 Å². The van der Waals surface area contributed by atoms with E-state index >= 15 is 0 Å². The second-order valence-corrected chi connectivity index (χ2v) is 11.1. The molecule has 0 unspecified atom stereocenters. The van der Waals surface area contributed by atoms with Crippen LogP contribution in [0.25, 0.3) is 0 Å². The van der Waals surface area contributed by atoms with Gasteiger partial charge in [-0.2, -0.15) is 5.26 Å². The number of benzene rings is 1. The first-order chi connectivity index (χ1) is 15.5. The number of aromatic amines is 1. The van der Waals surface area contributed by atoms with Crippen molar-refractivity contribution in [2.24, 2.45) is 5.41 Å². The van der Waals surface area contributed by atoms with Crippen LogP contribution in [0, 0.1) is 16.7 Å². The van der Waals surface area contributed by atoms with Gasteiger partial charge in [0.15, 0.2) is 0 Å². The first-order valence-electron chi connectivity index (χ1n) is 11.9. The molecule has 0 bridgehead atoms. The Kier molecular flexibility index (Phi) is 5.90. The predicted molar refractivity (Wildman–Crippen MR) is 126 cm³/mol. The summed E-state index contributed by atoms with van der Waals surface area (Å²) < 4.78 is 1.93. The Bertz CT molecular complexity index is 1060. The number of hydrogen-bond acceptors (Lipinski definition) is 3. The minimum atomic E-state index is -0.661. The van der Waals surface area contributed by atoms with Crippen LogP contribution < -0.4 is 5.32 Å². The summed E-state index contributed by atoms with van der Waals surface area (Å²) in [7, 11) is 0. The molecule has 0 spiro atoms. The third-order valence-electron chi connectivity index (χ3n) is 6.87. The van der Waals surface area contributed by atoms with Gasteiger partial charge in [0, 0.05) is 18.7 Å². The predicted octanol–water partition coefficient (Wildman–Crippen LogP) is 4.19. The topological polar surface area (TPSA) is 93.9 Å². The number of H-pyrrole nitrogens is 1. The molecule has 1 aromatic heterocycles. The van der Waals surface area contributed by atoms with E-state index in [1.807, 2.05) is 30.7 Å². The molecule has 0 radical (unpaired) electrons. The SMILES string of the molecule is CC(C)(NC(=O)[C@@H]1CCCN1C(=O)[C@@H](n1cc(C2CC2)[nH]1)C(C)(C)C)c1cccc(C#N)c1. The van der Waals surface area contributed by atoms with Crippen LogP contribution in [0.3, 0.4) is 0 Å². The second-order valence-electron chi connectivity index (χ2n) is 11.1. The van der Waals surface area contributed by atoms with E-state index in [0.29, 0.717) is 24.4 Å². The van der Waals surface area contributed by atoms with Crippen LogP contribution in [-0.2, 0) is 15.1 Å². The molecular weight excluding hydrogens is 414 g/mol. The van der Waals surface area contributed by atoms with Gasteiger partial charge in [-0.05, 0) is 62.6 Å². The smallest absolute Gasteiger partial charge is 0.248 e. The number of carbonyl (C=O) groups excluding carboxylic acids is 2. The van der Waals surface area contributed by atoms with Crippen LogP contribution in [0.15, 0.2) is 30.5 Å². The highest BCUT2D eigenvalue weighted by molar-refractivity contribution is 5.90. The van der Waals surface area contributed by atoms with Crippen molar-refractivity contribution in [3.63, 3.8) is 0 Å². The van der Waals surface area contributed by atoms with E-state index in [2.05, 4.69) is 43.5 Å². The van der Waals surface area contributed by atoms with Crippen LogP contribution in [0.1, 0.15) is 89.1 Å². The van der Waals surface area contributed by atoms with Crippen LogP contribution in [0.2, 0.25) is 0 Å². The molecule has 1 aromatic carbocycles. The second kappa shape index (κ2) is 8.40. The summed E-state index contributed by atoms with van der Waals surface area (Å²) in [6.07, 6.45) is 5.95. The Labute approximate surface area is 196 Å². The summed E-state index contributed by atoms with van der Waals surface area (Å²) in [5.41, 5.74) is 1.68. The zero-order valence-corrected chi connectivity index (χ0v) is 20.3. The van der Waals surface area contributed by atoms with Crippen molar-refractivity contribution < 1.29 is 9.59 Å². The number of hydrogen-bond donors (Lipinski definition) is 2. The van der Waals surface area contributed by atoms with Gasteiger partial charge in [-0.3, -0.25) is 14.3 Å². The van der Waals surface area contributed by atoms with Gasteiger partial charge in [0.1, 0.15) is 12.1 Å². The molecule has 33 heavy (non-hydrogen) atoms. The molecule has 2 aliphatic rings. The molecule has 2 fully saturated rings. The van der Waals surface area contributed by atoms with E-state index in [1.165, 1.54) is 18.5 Å². The van der Waals surface area contributed by atoms with Gasteiger partial charge in [-0.25, -0.2) is 0 Å². The monoisotopic (exact) mass is 449 g/mol. The summed E-state index contributed by atoms with van der Waals surface area (Å²) in [6.45, 7) is 10.6. The van der Waals surface area contributed by atoms with Gasteiger partial charge < -0.3 is 15.3 Å². The lowest BCUT2D eigenvalue weighted by atomic mass is 9.85. The Morgan fingerprint density at radius 1 is 1.18 bits per heavy atom. The summed E-state index contributed by atoms with van der Waals surface area (Å²) in [5, 5.41) is 15.7. The van der Waals surface area contributed by atoms with E-state index in [0.717, 1.165) is 12.0 Å². The summed E-state index contributed by atoms with van der Waals surface area (Å²) >= 11 is 0. The first-order valence-corrected chi connectivity index (χ1v) is 11.9. The van der Waals surface area contributed by atoms with Crippen LogP contribution in [-0.4, -0.2) is 39.1 Å². The fraction of sp³-hybridized carbons (Fsp3) is 0.577. The Morgan fingerprint density at radius 2 is 1.88 bits per heavy atom. The van der Waals surface area contributed by atoms with Gasteiger partial charge in [0.2, 0.25) is 11.8 Å². The highest BCUT2D eigenvalue weighted by atomic mass is 16.2. The van der Waals surface area contributed by atoms with Gasteiger partial charge in [0.25, 0.3) is 0 Å². The van der Waals surface area contributed by atoms with E-state index in [4.69, 9.17) is 0 Å². The number of aromatic nitrogens is 2. The van der Waals surface area contributed by atoms with E-state index in [1.54, 1.807) is 17.0 Å². The molecule has 2 amide bonds. The van der Waals surface area contributed by atoms with Crippen molar-refractivity contribution in [3.8, 4) is 6.07 Å². The first kappa shape index (κ1) is 23.2. The van der Waals surface area contributed by atoms with Gasteiger partial charge in [-0.15, -0.1) is 0 Å². The summed E-state index contributed by atoms with van der Waals surface area (Å²) in [5.74, 6) is 0.457. The molecule has 176 valence electrons. The third kappa shape index (κ3) is 4.71. The maximum atomic E-state index is 13.8. The Hall–Kier alpha value is -3.01. The maximum absolute atomic E-state index is 13.8. The zero-order valence-electron chi connectivity index (χ0n) is 20.3. The molecule has 1 aliphatic heterocycles. The van der Waals surface area contributed by atoms with Crippen molar-refractivity contribution in [3.05, 3.63) is 47.3 Å². The number of nitrogens with zero attached hydrogens (tertiary/aromatic N) is 3. The molecule has 7 nitrogen and oxygen atoms in total. The number of carbonyl (C=O) groups is 2. The molecule has 1 aliphatic carbocycles. The quantitative estimate of drug-likeness (QED) is 0.692. The third-order valence-corrected chi connectivity index (χ3v) is 6.87. The van der Waals surface area contributed by atoms with Crippen molar-refractivity contribution >= 4 is 11.8 Å². The van der Waals surface area contributed by atoms with Gasteiger partial charge in [-0.1, -0.05) is 32.9 Å². The number of amides is 2. The molecule has 1 saturated heterocycles. The molecule has 4 rings (SSSR count). The van der Waals surface area contributed by atoms with Crippen LogP contribution in [0.4, 0.5) is 0 Å². The van der Waals surface area contributed by atoms with E-state index < -0.39 is 11.6 Å². The van der Waals surface area contributed by atoms with Crippen molar-refractivity contribution in [2.45, 2.75) is 83.8 Å². The van der Waals surface area contributed by atoms with E-state index in [-0.39, 0.29) is 23.3 Å². The lowest BCUT2D eigenvalue weighted by Gasteiger charge is -2.38. The number of rotatable bonds is 6. The summed E-state index contributed by atoms with van der Waals surface area (Å²) in [6, 6.07) is 8.56. The normalized spacial score (nSPS) is 19.9. The number of nitrogens with one attached hydrogen (secondary N) is 2. The number of nitriles is 1. The largest absolute Gasteiger partial charge is 0.345 e.